The molecule has 0 aliphatic rings. The minimum Gasteiger partial charge on any atom is -0.383 e. The van der Waals surface area contributed by atoms with Gasteiger partial charge in [-0.05, 0) is 20.3 Å². The predicted molar refractivity (Wildman–Crippen MR) is 70.5 cm³/mol. The SMILES string of the molecule is CCc1nn(CC)c(CNC(C)COC)c1Cl. The molecule has 17 heavy (non-hydrogen) atoms. The van der Waals surface area contributed by atoms with Crippen LogP contribution in [0.15, 0.2) is 0 Å². The second kappa shape index (κ2) is 6.99. The molecule has 0 aliphatic heterocycles. The van der Waals surface area contributed by atoms with Gasteiger partial charge in [-0.1, -0.05) is 18.5 Å². The Morgan fingerprint density at radius 2 is 2.18 bits per heavy atom. The zero-order valence-corrected chi connectivity index (χ0v) is 11.8. The molecular formula is C12H22ClN3O. The third-order valence-electron chi connectivity index (χ3n) is 2.73. The van der Waals surface area contributed by atoms with Crippen molar-refractivity contribution in [3.05, 3.63) is 16.4 Å². The lowest BCUT2D eigenvalue weighted by Gasteiger charge is -2.13. The van der Waals surface area contributed by atoms with E-state index in [1.807, 2.05) is 4.68 Å². The van der Waals surface area contributed by atoms with Gasteiger partial charge in [0.05, 0.1) is 23.0 Å². The van der Waals surface area contributed by atoms with E-state index < -0.39 is 0 Å². The Kier molecular flexibility index (Phi) is 5.95. The average Bonchev–Trinajstić information content (AvgIpc) is 2.63. The van der Waals surface area contributed by atoms with Crippen molar-refractivity contribution >= 4 is 11.6 Å². The number of ether oxygens (including phenoxy) is 1. The van der Waals surface area contributed by atoms with E-state index >= 15 is 0 Å². The summed E-state index contributed by atoms with van der Waals surface area (Å²) in [6.45, 7) is 8.49. The number of halogens is 1. The van der Waals surface area contributed by atoms with Crippen LogP contribution < -0.4 is 5.32 Å². The van der Waals surface area contributed by atoms with Gasteiger partial charge in [0.1, 0.15) is 0 Å². The maximum atomic E-state index is 6.31. The maximum Gasteiger partial charge on any atom is 0.0863 e. The van der Waals surface area contributed by atoms with E-state index in [1.54, 1.807) is 7.11 Å². The average molecular weight is 260 g/mol. The van der Waals surface area contributed by atoms with Crippen LogP contribution >= 0.6 is 11.6 Å². The first-order chi connectivity index (χ1) is 8.13. The second-order valence-corrected chi connectivity index (χ2v) is 4.49. The van der Waals surface area contributed by atoms with Gasteiger partial charge in [-0.15, -0.1) is 0 Å². The molecule has 1 unspecified atom stereocenters. The maximum absolute atomic E-state index is 6.31. The Morgan fingerprint density at radius 1 is 1.47 bits per heavy atom. The molecule has 0 saturated carbocycles. The Balaban J connectivity index is 2.72. The normalized spacial score (nSPS) is 13.0. The first-order valence-corrected chi connectivity index (χ1v) is 6.48. The molecule has 0 amide bonds. The van der Waals surface area contributed by atoms with E-state index in [1.165, 1.54) is 0 Å². The minimum absolute atomic E-state index is 0.307. The highest BCUT2D eigenvalue weighted by Gasteiger charge is 2.14. The summed E-state index contributed by atoms with van der Waals surface area (Å²) >= 11 is 6.31. The molecule has 0 aliphatic carbocycles. The van der Waals surface area contributed by atoms with Crippen LogP contribution in [0.5, 0.6) is 0 Å². The fourth-order valence-corrected chi connectivity index (χ4v) is 2.10. The molecule has 98 valence electrons. The molecule has 1 atom stereocenters. The van der Waals surface area contributed by atoms with Gasteiger partial charge >= 0.3 is 0 Å². The predicted octanol–water partition coefficient (Wildman–Crippen LogP) is 2.24. The van der Waals surface area contributed by atoms with E-state index in [2.05, 4.69) is 31.2 Å². The van der Waals surface area contributed by atoms with Crippen molar-refractivity contribution in [1.82, 2.24) is 15.1 Å². The molecule has 1 N–H and O–H groups in total. The molecule has 0 spiro atoms. The van der Waals surface area contributed by atoms with E-state index in [0.29, 0.717) is 12.6 Å². The van der Waals surface area contributed by atoms with Crippen molar-refractivity contribution in [1.29, 1.82) is 0 Å². The summed E-state index contributed by atoms with van der Waals surface area (Å²) in [5, 5.41) is 8.66. The van der Waals surface area contributed by atoms with Gasteiger partial charge in [-0.2, -0.15) is 5.10 Å². The lowest BCUT2D eigenvalue weighted by atomic mass is 10.3. The van der Waals surface area contributed by atoms with Crippen LogP contribution in [-0.2, 0) is 24.2 Å². The van der Waals surface area contributed by atoms with Gasteiger partial charge in [0, 0.05) is 26.2 Å². The Hall–Kier alpha value is -0.580. The number of hydrogen-bond donors (Lipinski definition) is 1. The van der Waals surface area contributed by atoms with Crippen molar-refractivity contribution in [3.8, 4) is 0 Å². The van der Waals surface area contributed by atoms with Crippen molar-refractivity contribution in [3.63, 3.8) is 0 Å². The second-order valence-electron chi connectivity index (χ2n) is 4.11. The molecule has 1 heterocycles. The number of aromatic nitrogens is 2. The summed E-state index contributed by atoms with van der Waals surface area (Å²) in [5.41, 5.74) is 2.04. The quantitative estimate of drug-likeness (QED) is 0.816. The van der Waals surface area contributed by atoms with Gasteiger partial charge < -0.3 is 10.1 Å². The molecule has 4 nitrogen and oxygen atoms in total. The fourth-order valence-electron chi connectivity index (χ4n) is 1.77. The largest absolute Gasteiger partial charge is 0.383 e. The molecular weight excluding hydrogens is 238 g/mol. The molecule has 0 radical (unpaired) electrons. The van der Waals surface area contributed by atoms with Crippen LogP contribution in [0.1, 0.15) is 32.2 Å². The first-order valence-electron chi connectivity index (χ1n) is 6.10. The Bertz CT molecular complexity index is 352. The van der Waals surface area contributed by atoms with Crippen molar-refractivity contribution < 1.29 is 4.74 Å². The van der Waals surface area contributed by atoms with Crippen LogP contribution in [-0.4, -0.2) is 29.5 Å². The van der Waals surface area contributed by atoms with Crippen LogP contribution in [0.3, 0.4) is 0 Å². The number of nitrogens with one attached hydrogen (secondary N) is 1. The molecule has 1 aromatic rings. The lowest BCUT2D eigenvalue weighted by Crippen LogP contribution is -2.30. The van der Waals surface area contributed by atoms with E-state index in [9.17, 15) is 0 Å². The third-order valence-corrected chi connectivity index (χ3v) is 3.17. The third kappa shape index (κ3) is 3.69. The molecule has 1 rings (SSSR count). The first kappa shape index (κ1) is 14.5. The molecule has 5 heteroatoms. The van der Waals surface area contributed by atoms with Crippen molar-refractivity contribution in [2.45, 2.75) is 46.3 Å². The molecule has 0 saturated heterocycles. The highest BCUT2D eigenvalue weighted by molar-refractivity contribution is 6.31. The molecule has 0 bridgehead atoms. The van der Waals surface area contributed by atoms with Crippen LogP contribution in [0.25, 0.3) is 0 Å². The molecule has 0 aromatic carbocycles. The smallest absolute Gasteiger partial charge is 0.0863 e. The number of methoxy groups -OCH3 is 1. The Labute approximate surface area is 108 Å². The summed E-state index contributed by atoms with van der Waals surface area (Å²) in [6, 6.07) is 0.307. The summed E-state index contributed by atoms with van der Waals surface area (Å²) in [6.07, 6.45) is 0.868. The number of nitrogens with zero attached hydrogens (tertiary/aromatic N) is 2. The number of hydrogen-bond acceptors (Lipinski definition) is 3. The molecule has 1 aromatic heterocycles. The van der Waals surface area contributed by atoms with Crippen molar-refractivity contribution in [2.75, 3.05) is 13.7 Å². The number of rotatable bonds is 7. The molecule has 0 fully saturated rings. The fraction of sp³-hybridized carbons (Fsp3) is 0.750. The topological polar surface area (TPSA) is 39.1 Å². The van der Waals surface area contributed by atoms with Crippen LogP contribution in [0.2, 0.25) is 5.02 Å². The van der Waals surface area contributed by atoms with Gasteiger partial charge in [-0.25, -0.2) is 0 Å². The zero-order chi connectivity index (χ0) is 12.8. The summed E-state index contributed by atoms with van der Waals surface area (Å²) in [7, 11) is 1.71. The summed E-state index contributed by atoms with van der Waals surface area (Å²) < 4.78 is 7.05. The van der Waals surface area contributed by atoms with Crippen LogP contribution in [0, 0.1) is 0 Å². The standard InChI is InChI=1S/C12H22ClN3O/c1-5-10-12(13)11(16(6-2)15-10)7-14-9(3)8-17-4/h9,14H,5-8H2,1-4H3. The minimum atomic E-state index is 0.307. The van der Waals surface area contributed by atoms with Gasteiger partial charge in [-0.3, -0.25) is 4.68 Å². The highest BCUT2D eigenvalue weighted by atomic mass is 35.5. The van der Waals surface area contributed by atoms with Crippen LogP contribution in [0.4, 0.5) is 0 Å². The van der Waals surface area contributed by atoms with E-state index in [-0.39, 0.29) is 0 Å². The summed E-state index contributed by atoms with van der Waals surface area (Å²) in [5.74, 6) is 0. The van der Waals surface area contributed by atoms with Crippen molar-refractivity contribution in [2.24, 2.45) is 0 Å². The van der Waals surface area contributed by atoms with Gasteiger partial charge in [0.15, 0.2) is 0 Å². The van der Waals surface area contributed by atoms with Gasteiger partial charge in [0.2, 0.25) is 0 Å². The number of aryl methyl sites for hydroxylation is 2. The monoisotopic (exact) mass is 259 g/mol. The van der Waals surface area contributed by atoms with E-state index in [0.717, 1.165) is 35.9 Å². The Morgan fingerprint density at radius 3 is 2.71 bits per heavy atom. The summed E-state index contributed by atoms with van der Waals surface area (Å²) in [4.78, 5) is 0. The van der Waals surface area contributed by atoms with E-state index in [4.69, 9.17) is 16.3 Å². The highest BCUT2D eigenvalue weighted by Crippen LogP contribution is 2.21. The zero-order valence-electron chi connectivity index (χ0n) is 11.1. The van der Waals surface area contributed by atoms with Gasteiger partial charge in [0.25, 0.3) is 0 Å². The lowest BCUT2D eigenvalue weighted by molar-refractivity contribution is 0.171.